The summed E-state index contributed by atoms with van der Waals surface area (Å²) >= 11 is 0. The summed E-state index contributed by atoms with van der Waals surface area (Å²) in [7, 11) is -4.02. The molecule has 0 radical (unpaired) electrons. The molecular weight excluding hydrogens is 260 g/mol. The second-order valence-electron chi connectivity index (χ2n) is 3.15. The van der Waals surface area contributed by atoms with Crippen molar-refractivity contribution in [3.8, 4) is 0 Å². The summed E-state index contributed by atoms with van der Waals surface area (Å²) in [5, 5.41) is 17.1. The van der Waals surface area contributed by atoms with Crippen molar-refractivity contribution >= 4 is 22.4 Å². The summed E-state index contributed by atoms with van der Waals surface area (Å²) in [6.45, 7) is 1.84. The van der Waals surface area contributed by atoms with Crippen LogP contribution in [0.25, 0.3) is 0 Å². The lowest BCUT2D eigenvalue weighted by atomic mass is 10.2. The SMILES string of the molecule is Cc1ccc(S(=O)(=O)O)cc1.O/N=C1/N=CN=N1. The molecule has 2 N–H and O–H groups in total. The minimum Gasteiger partial charge on any atom is -0.408 e. The quantitative estimate of drug-likeness (QED) is 0.455. The zero-order chi connectivity index (χ0) is 13.6. The zero-order valence-corrected chi connectivity index (χ0v) is 10.1. The van der Waals surface area contributed by atoms with Gasteiger partial charge in [0.15, 0.2) is 0 Å². The fourth-order valence-electron chi connectivity index (χ4n) is 0.937. The number of hydrogen-bond acceptors (Lipinski definition) is 5. The van der Waals surface area contributed by atoms with Crippen molar-refractivity contribution in [3.05, 3.63) is 29.8 Å². The van der Waals surface area contributed by atoms with Gasteiger partial charge in [-0.2, -0.15) is 13.4 Å². The van der Waals surface area contributed by atoms with Crippen molar-refractivity contribution in [2.24, 2.45) is 20.4 Å². The summed E-state index contributed by atoms with van der Waals surface area (Å²) in [4.78, 5) is 3.33. The Hall–Kier alpha value is -2.13. The van der Waals surface area contributed by atoms with Crippen LogP contribution in [0.4, 0.5) is 0 Å². The minimum atomic E-state index is -4.02. The molecule has 1 aliphatic rings. The average Bonchev–Trinajstić information content (AvgIpc) is 2.82. The molecule has 1 aromatic rings. The largest absolute Gasteiger partial charge is 0.408 e. The first kappa shape index (κ1) is 13.9. The van der Waals surface area contributed by atoms with Crippen molar-refractivity contribution in [1.82, 2.24) is 0 Å². The molecule has 0 amide bonds. The van der Waals surface area contributed by atoms with Crippen LogP contribution in [0, 0.1) is 6.92 Å². The van der Waals surface area contributed by atoms with Crippen LogP contribution in [-0.2, 0) is 10.1 Å². The fraction of sp³-hybridized carbons (Fsp3) is 0.111. The lowest BCUT2D eigenvalue weighted by Crippen LogP contribution is -1.96. The van der Waals surface area contributed by atoms with Crippen molar-refractivity contribution in [2.45, 2.75) is 11.8 Å². The van der Waals surface area contributed by atoms with Gasteiger partial charge in [-0.3, -0.25) is 4.55 Å². The third kappa shape index (κ3) is 4.39. The summed E-state index contributed by atoms with van der Waals surface area (Å²) in [6.07, 6.45) is 1.20. The maximum Gasteiger partial charge on any atom is 0.305 e. The molecule has 0 aromatic heterocycles. The van der Waals surface area contributed by atoms with Crippen LogP contribution in [0.1, 0.15) is 5.56 Å². The van der Waals surface area contributed by atoms with Crippen LogP contribution in [0.3, 0.4) is 0 Å². The number of aliphatic imine (C=N–C) groups is 1. The van der Waals surface area contributed by atoms with Crippen LogP contribution < -0.4 is 0 Å². The first-order valence-electron chi connectivity index (χ1n) is 4.63. The van der Waals surface area contributed by atoms with Crippen LogP contribution in [0.5, 0.6) is 0 Å². The van der Waals surface area contributed by atoms with Gasteiger partial charge < -0.3 is 5.21 Å². The first-order valence-corrected chi connectivity index (χ1v) is 6.07. The molecule has 0 atom stereocenters. The summed E-state index contributed by atoms with van der Waals surface area (Å²) in [5.74, 6) is 0.000000000000000222. The number of guanidine groups is 1. The molecule has 0 spiro atoms. The number of benzene rings is 1. The first-order chi connectivity index (χ1) is 8.43. The normalized spacial score (nSPS) is 15.6. The Balaban J connectivity index is 0.000000199. The third-order valence-corrected chi connectivity index (χ3v) is 2.65. The van der Waals surface area contributed by atoms with E-state index in [2.05, 4.69) is 20.4 Å². The molecule has 96 valence electrons. The molecule has 2 rings (SSSR count). The predicted molar refractivity (Wildman–Crippen MR) is 63.6 cm³/mol. The summed E-state index contributed by atoms with van der Waals surface area (Å²) < 4.78 is 29.6. The van der Waals surface area contributed by atoms with Crippen molar-refractivity contribution in [2.75, 3.05) is 0 Å². The van der Waals surface area contributed by atoms with Crippen LogP contribution in [0.15, 0.2) is 49.5 Å². The molecule has 1 aliphatic heterocycles. The second-order valence-corrected chi connectivity index (χ2v) is 4.57. The van der Waals surface area contributed by atoms with Crippen molar-refractivity contribution in [1.29, 1.82) is 0 Å². The van der Waals surface area contributed by atoms with Crippen LogP contribution >= 0.6 is 0 Å². The molecule has 0 unspecified atom stereocenters. The molecule has 0 bridgehead atoms. The number of oxime groups is 1. The highest BCUT2D eigenvalue weighted by atomic mass is 32.2. The van der Waals surface area contributed by atoms with Gasteiger partial charge in [0, 0.05) is 0 Å². The Kier molecular flexibility index (Phi) is 4.63. The maximum absolute atomic E-state index is 10.5. The van der Waals surface area contributed by atoms with Crippen molar-refractivity contribution < 1.29 is 18.2 Å². The molecule has 1 aromatic carbocycles. The van der Waals surface area contributed by atoms with E-state index in [1.54, 1.807) is 12.1 Å². The van der Waals surface area contributed by atoms with E-state index in [0.29, 0.717) is 0 Å². The third-order valence-electron chi connectivity index (χ3n) is 1.78. The van der Waals surface area contributed by atoms with Gasteiger partial charge >= 0.3 is 5.96 Å². The molecular formula is C9H10N4O4S. The summed E-state index contributed by atoms with van der Waals surface area (Å²) in [6, 6.07) is 5.99. The Bertz CT molecular complexity index is 575. The smallest absolute Gasteiger partial charge is 0.305 e. The Morgan fingerprint density at radius 3 is 2.17 bits per heavy atom. The average molecular weight is 270 g/mol. The van der Waals surface area contributed by atoms with Gasteiger partial charge in [-0.15, -0.1) is 10.2 Å². The highest BCUT2D eigenvalue weighted by Gasteiger charge is 2.06. The number of azo groups is 1. The number of rotatable bonds is 1. The van der Waals surface area contributed by atoms with Gasteiger partial charge in [-0.05, 0) is 24.2 Å². The van der Waals surface area contributed by atoms with E-state index in [4.69, 9.17) is 9.76 Å². The monoisotopic (exact) mass is 270 g/mol. The topological polar surface area (TPSA) is 124 Å². The number of hydrogen-bond donors (Lipinski definition) is 2. The van der Waals surface area contributed by atoms with Gasteiger partial charge in [-0.1, -0.05) is 17.7 Å². The highest BCUT2D eigenvalue weighted by molar-refractivity contribution is 7.85. The lowest BCUT2D eigenvalue weighted by Gasteiger charge is -1.95. The standard InChI is InChI=1S/C7H8O3S.C2H2N4O/c1-6-2-4-7(5-3-6)11(8,9)10;7-6-2-3-1-4-5-2/h2-5H,1H3,(H,8,9,10);1,7H/b;6-2-. The van der Waals surface area contributed by atoms with Gasteiger partial charge in [0.05, 0.1) is 4.90 Å². The molecule has 9 heteroatoms. The van der Waals surface area contributed by atoms with E-state index in [9.17, 15) is 8.42 Å². The van der Waals surface area contributed by atoms with E-state index >= 15 is 0 Å². The van der Waals surface area contributed by atoms with E-state index < -0.39 is 10.1 Å². The molecule has 0 saturated carbocycles. The number of nitrogens with zero attached hydrogens (tertiary/aromatic N) is 4. The molecule has 0 fully saturated rings. The Morgan fingerprint density at radius 2 is 1.83 bits per heavy atom. The zero-order valence-electron chi connectivity index (χ0n) is 9.29. The predicted octanol–water partition coefficient (Wildman–Crippen LogP) is 1.47. The van der Waals surface area contributed by atoms with Crippen LogP contribution in [0.2, 0.25) is 0 Å². The molecule has 0 aliphatic carbocycles. The van der Waals surface area contributed by atoms with Gasteiger partial charge in [-0.25, -0.2) is 0 Å². The van der Waals surface area contributed by atoms with Crippen LogP contribution in [-0.4, -0.2) is 30.5 Å². The second kappa shape index (κ2) is 5.98. The van der Waals surface area contributed by atoms with Gasteiger partial charge in [0.25, 0.3) is 10.1 Å². The lowest BCUT2D eigenvalue weighted by molar-refractivity contribution is 0.317. The Labute approximate surface area is 103 Å². The fourth-order valence-corrected chi connectivity index (χ4v) is 1.42. The highest BCUT2D eigenvalue weighted by Crippen LogP contribution is 2.08. The molecule has 18 heavy (non-hydrogen) atoms. The maximum atomic E-state index is 10.5. The number of aryl methyl sites for hydroxylation is 1. The van der Waals surface area contributed by atoms with E-state index in [-0.39, 0.29) is 10.9 Å². The van der Waals surface area contributed by atoms with Gasteiger partial charge in [0.2, 0.25) is 0 Å². The Morgan fingerprint density at radius 1 is 1.22 bits per heavy atom. The molecule has 8 nitrogen and oxygen atoms in total. The van der Waals surface area contributed by atoms with E-state index in [1.165, 1.54) is 18.5 Å². The summed E-state index contributed by atoms with van der Waals surface area (Å²) in [5.41, 5.74) is 0.956. The molecule has 1 heterocycles. The van der Waals surface area contributed by atoms with Crippen molar-refractivity contribution in [3.63, 3.8) is 0 Å². The van der Waals surface area contributed by atoms with E-state index in [1.807, 2.05) is 6.92 Å². The van der Waals surface area contributed by atoms with E-state index in [0.717, 1.165) is 5.56 Å². The molecule has 0 saturated heterocycles. The minimum absolute atomic E-state index is 0.000000000000000222. The van der Waals surface area contributed by atoms with Gasteiger partial charge in [0.1, 0.15) is 6.34 Å².